The molecular formula is C7H14N4O2. The molecule has 1 aliphatic rings. The summed E-state index contributed by atoms with van der Waals surface area (Å²) >= 11 is 0. The highest BCUT2D eigenvalue weighted by atomic mass is 16.3. The van der Waals surface area contributed by atoms with E-state index >= 15 is 0 Å². The van der Waals surface area contributed by atoms with Crippen molar-refractivity contribution in [2.75, 3.05) is 6.61 Å². The van der Waals surface area contributed by atoms with Gasteiger partial charge in [0.15, 0.2) is 0 Å². The third-order valence-corrected chi connectivity index (χ3v) is 2.42. The fourth-order valence-electron chi connectivity index (χ4n) is 1.68. The number of azide groups is 1. The maximum atomic E-state index is 9.59. The van der Waals surface area contributed by atoms with Gasteiger partial charge >= 0.3 is 0 Å². The van der Waals surface area contributed by atoms with Crippen molar-refractivity contribution >= 4 is 0 Å². The van der Waals surface area contributed by atoms with Crippen LogP contribution in [0.5, 0.6) is 0 Å². The van der Waals surface area contributed by atoms with E-state index in [1.807, 2.05) is 6.92 Å². The second kappa shape index (κ2) is 4.43. The van der Waals surface area contributed by atoms with E-state index in [9.17, 15) is 5.11 Å². The van der Waals surface area contributed by atoms with Gasteiger partial charge in [0.1, 0.15) is 0 Å². The van der Waals surface area contributed by atoms with Crippen molar-refractivity contribution < 1.29 is 10.2 Å². The van der Waals surface area contributed by atoms with Gasteiger partial charge < -0.3 is 15.5 Å². The van der Waals surface area contributed by atoms with E-state index in [0.717, 1.165) is 6.42 Å². The molecule has 1 rings (SSSR count). The summed E-state index contributed by atoms with van der Waals surface area (Å²) in [4.78, 5) is 2.68. The van der Waals surface area contributed by atoms with Crippen molar-refractivity contribution in [2.45, 2.75) is 37.6 Å². The van der Waals surface area contributed by atoms with E-state index in [1.165, 1.54) is 0 Å². The van der Waals surface area contributed by atoms with E-state index in [4.69, 9.17) is 10.6 Å². The third kappa shape index (κ3) is 1.92. The highest BCUT2D eigenvalue weighted by Crippen LogP contribution is 2.19. The second-order valence-corrected chi connectivity index (χ2v) is 3.16. The van der Waals surface area contributed by atoms with Crippen LogP contribution >= 0.6 is 0 Å². The molecule has 1 heterocycles. The summed E-state index contributed by atoms with van der Waals surface area (Å²) in [5.74, 6) is 0. The van der Waals surface area contributed by atoms with Gasteiger partial charge in [0.05, 0.1) is 24.8 Å². The first-order valence-corrected chi connectivity index (χ1v) is 4.33. The van der Waals surface area contributed by atoms with Gasteiger partial charge in [-0.1, -0.05) is 12.0 Å². The SMILES string of the molecule is CC[C@@H]1N[C@H](CO)[C@@H](O)[C@H]1N=[N+]=[N-]. The highest BCUT2D eigenvalue weighted by molar-refractivity contribution is 5.01. The normalized spacial score (nSPS) is 38.7. The molecule has 74 valence electrons. The summed E-state index contributed by atoms with van der Waals surface area (Å²) in [5.41, 5.74) is 8.27. The molecule has 1 fully saturated rings. The average molecular weight is 186 g/mol. The Balaban J connectivity index is 2.73. The predicted octanol–water partition coefficient (Wildman–Crippen LogP) is -0.231. The molecule has 4 atom stereocenters. The van der Waals surface area contributed by atoms with Crippen molar-refractivity contribution in [3.8, 4) is 0 Å². The van der Waals surface area contributed by atoms with Crippen LogP contribution in [-0.4, -0.2) is 41.0 Å². The standard InChI is InChI=1S/C7H14N4O2/c1-2-4-6(10-11-8)7(13)5(3-12)9-4/h4-7,9,12-13H,2-3H2,1H3/t4-,5+,6-,7+/m0/s1. The minimum absolute atomic E-state index is 0.0388. The van der Waals surface area contributed by atoms with E-state index in [2.05, 4.69) is 15.3 Å². The molecule has 0 aliphatic carbocycles. The van der Waals surface area contributed by atoms with E-state index in [-0.39, 0.29) is 18.7 Å². The summed E-state index contributed by atoms with van der Waals surface area (Å²) in [6.45, 7) is 1.79. The second-order valence-electron chi connectivity index (χ2n) is 3.16. The molecule has 0 aromatic rings. The Morgan fingerprint density at radius 3 is 2.69 bits per heavy atom. The molecule has 6 nitrogen and oxygen atoms in total. The maximum absolute atomic E-state index is 9.59. The monoisotopic (exact) mass is 186 g/mol. The van der Waals surface area contributed by atoms with Crippen LogP contribution in [-0.2, 0) is 0 Å². The summed E-state index contributed by atoms with van der Waals surface area (Å²) < 4.78 is 0. The molecule has 1 aliphatic heterocycles. The third-order valence-electron chi connectivity index (χ3n) is 2.42. The van der Waals surface area contributed by atoms with Crippen LogP contribution in [0.4, 0.5) is 0 Å². The van der Waals surface area contributed by atoms with E-state index in [1.54, 1.807) is 0 Å². The molecule has 13 heavy (non-hydrogen) atoms. The van der Waals surface area contributed by atoms with Gasteiger partial charge in [-0.15, -0.1) is 0 Å². The van der Waals surface area contributed by atoms with Crippen molar-refractivity contribution in [1.82, 2.24) is 5.32 Å². The van der Waals surface area contributed by atoms with Crippen LogP contribution in [0.1, 0.15) is 13.3 Å². The van der Waals surface area contributed by atoms with Crippen LogP contribution in [0, 0.1) is 0 Å². The van der Waals surface area contributed by atoms with Gasteiger partial charge in [0, 0.05) is 11.0 Å². The first-order valence-electron chi connectivity index (χ1n) is 4.33. The van der Waals surface area contributed by atoms with Crippen LogP contribution in [0.25, 0.3) is 10.4 Å². The molecule has 0 aromatic heterocycles. The zero-order valence-corrected chi connectivity index (χ0v) is 7.46. The fraction of sp³-hybridized carbons (Fsp3) is 1.00. The fourth-order valence-corrected chi connectivity index (χ4v) is 1.68. The molecule has 0 radical (unpaired) electrons. The number of nitrogens with zero attached hydrogens (tertiary/aromatic N) is 3. The summed E-state index contributed by atoms with van der Waals surface area (Å²) in [6.07, 6.45) is -0.0251. The lowest BCUT2D eigenvalue weighted by molar-refractivity contribution is 0.110. The molecule has 0 aromatic carbocycles. The Hall–Kier alpha value is -0.810. The number of aliphatic hydroxyl groups is 2. The first-order chi connectivity index (χ1) is 6.24. The number of aliphatic hydroxyl groups excluding tert-OH is 2. The van der Waals surface area contributed by atoms with Crippen molar-refractivity contribution in [3.63, 3.8) is 0 Å². The molecule has 3 N–H and O–H groups in total. The largest absolute Gasteiger partial charge is 0.395 e. The van der Waals surface area contributed by atoms with Crippen LogP contribution in [0.15, 0.2) is 5.11 Å². The van der Waals surface area contributed by atoms with E-state index in [0.29, 0.717) is 0 Å². The molecular weight excluding hydrogens is 172 g/mol. The molecule has 0 spiro atoms. The number of hydrogen-bond donors (Lipinski definition) is 3. The Kier molecular flexibility index (Phi) is 3.50. The lowest BCUT2D eigenvalue weighted by atomic mass is 10.0. The Morgan fingerprint density at radius 1 is 1.54 bits per heavy atom. The lowest BCUT2D eigenvalue weighted by Gasteiger charge is -2.13. The van der Waals surface area contributed by atoms with Gasteiger partial charge in [-0.3, -0.25) is 0 Å². The molecule has 0 saturated carbocycles. The van der Waals surface area contributed by atoms with Gasteiger partial charge in [-0.2, -0.15) is 0 Å². The van der Waals surface area contributed by atoms with Gasteiger partial charge in [0.25, 0.3) is 0 Å². The predicted molar refractivity (Wildman–Crippen MR) is 47.0 cm³/mol. The lowest BCUT2D eigenvalue weighted by Crippen LogP contribution is -2.36. The zero-order chi connectivity index (χ0) is 9.84. The van der Waals surface area contributed by atoms with E-state index < -0.39 is 12.1 Å². The summed E-state index contributed by atoms with van der Waals surface area (Å²) in [6, 6.07) is -0.879. The van der Waals surface area contributed by atoms with Crippen LogP contribution < -0.4 is 5.32 Å². The maximum Gasteiger partial charge on any atom is 0.0815 e. The topological polar surface area (TPSA) is 101 Å². The number of rotatable bonds is 3. The van der Waals surface area contributed by atoms with Gasteiger partial charge in [0.2, 0.25) is 0 Å². The first kappa shape index (κ1) is 10.3. The van der Waals surface area contributed by atoms with Crippen LogP contribution in [0.3, 0.4) is 0 Å². The van der Waals surface area contributed by atoms with Gasteiger partial charge in [-0.25, -0.2) is 0 Å². The Morgan fingerprint density at radius 2 is 2.23 bits per heavy atom. The van der Waals surface area contributed by atoms with Crippen LogP contribution in [0.2, 0.25) is 0 Å². The quantitative estimate of drug-likeness (QED) is 0.322. The Bertz CT molecular complexity index is 215. The molecule has 1 saturated heterocycles. The minimum Gasteiger partial charge on any atom is -0.395 e. The smallest absolute Gasteiger partial charge is 0.0815 e. The number of nitrogens with one attached hydrogen (secondary N) is 1. The highest BCUT2D eigenvalue weighted by Gasteiger charge is 2.39. The molecule has 0 bridgehead atoms. The van der Waals surface area contributed by atoms with Crippen molar-refractivity contribution in [2.24, 2.45) is 5.11 Å². The molecule has 0 unspecified atom stereocenters. The summed E-state index contributed by atoms with van der Waals surface area (Å²) in [7, 11) is 0. The summed E-state index contributed by atoms with van der Waals surface area (Å²) in [5, 5.41) is 25.0. The zero-order valence-electron chi connectivity index (χ0n) is 7.46. The average Bonchev–Trinajstić information content (AvgIpc) is 2.45. The Labute approximate surface area is 76.2 Å². The molecule has 6 heteroatoms. The van der Waals surface area contributed by atoms with Gasteiger partial charge in [-0.05, 0) is 12.0 Å². The molecule has 0 amide bonds. The van der Waals surface area contributed by atoms with Crippen molar-refractivity contribution in [1.29, 1.82) is 0 Å². The van der Waals surface area contributed by atoms with Crippen molar-refractivity contribution in [3.05, 3.63) is 10.4 Å². The minimum atomic E-state index is -0.786. The number of hydrogen-bond acceptors (Lipinski definition) is 4.